The minimum Gasteiger partial charge on any atom is -0.476 e. The zero-order chi connectivity index (χ0) is 13.4. The van der Waals surface area contributed by atoms with E-state index in [0.717, 1.165) is 22.4 Å². The second kappa shape index (κ2) is 4.46. The van der Waals surface area contributed by atoms with Crippen molar-refractivity contribution in [1.29, 1.82) is 0 Å². The first-order chi connectivity index (χ1) is 8.40. The maximum atomic E-state index is 10.9. The van der Waals surface area contributed by atoms with Crippen LogP contribution in [0.1, 0.15) is 21.6 Å². The number of carboxylic acids is 1. The van der Waals surface area contributed by atoms with Gasteiger partial charge in [-0.15, -0.1) is 0 Å². The van der Waals surface area contributed by atoms with Crippen molar-refractivity contribution in [3.63, 3.8) is 0 Å². The van der Waals surface area contributed by atoms with Crippen molar-refractivity contribution in [2.24, 2.45) is 7.05 Å². The van der Waals surface area contributed by atoms with E-state index in [1.165, 1.54) is 0 Å². The quantitative estimate of drug-likeness (QED) is 0.907. The topological polar surface area (TPSA) is 55.1 Å². The fourth-order valence-corrected chi connectivity index (χ4v) is 2.07. The van der Waals surface area contributed by atoms with Gasteiger partial charge in [0.25, 0.3) is 0 Å². The average molecular weight is 265 g/mol. The van der Waals surface area contributed by atoms with E-state index in [2.05, 4.69) is 5.10 Å². The summed E-state index contributed by atoms with van der Waals surface area (Å²) in [6.45, 7) is 3.92. The van der Waals surface area contributed by atoms with Gasteiger partial charge in [0.05, 0.1) is 5.69 Å². The van der Waals surface area contributed by atoms with Crippen molar-refractivity contribution in [3.8, 4) is 11.3 Å². The number of hydrogen-bond donors (Lipinski definition) is 1. The van der Waals surface area contributed by atoms with Crippen LogP contribution in [0.15, 0.2) is 18.2 Å². The van der Waals surface area contributed by atoms with Crippen LogP contribution in [0.3, 0.4) is 0 Å². The van der Waals surface area contributed by atoms with Crippen molar-refractivity contribution in [2.45, 2.75) is 13.8 Å². The summed E-state index contributed by atoms with van der Waals surface area (Å²) in [6.07, 6.45) is 0. The fraction of sp³-hybridized carbons (Fsp3) is 0.231. The lowest BCUT2D eigenvalue weighted by molar-refractivity contribution is 0.0689. The molecule has 5 heteroatoms. The third kappa shape index (κ3) is 2.11. The van der Waals surface area contributed by atoms with Crippen molar-refractivity contribution in [3.05, 3.63) is 40.0 Å². The Bertz CT molecular complexity index is 609. The molecule has 1 aromatic heterocycles. The molecule has 18 heavy (non-hydrogen) atoms. The minimum absolute atomic E-state index is 0.0295. The Labute approximate surface area is 110 Å². The predicted molar refractivity (Wildman–Crippen MR) is 70.1 cm³/mol. The van der Waals surface area contributed by atoms with Gasteiger partial charge in [0, 0.05) is 17.6 Å². The molecule has 0 fully saturated rings. The van der Waals surface area contributed by atoms with Crippen molar-refractivity contribution in [1.82, 2.24) is 9.78 Å². The van der Waals surface area contributed by atoms with E-state index in [-0.39, 0.29) is 5.69 Å². The molecule has 0 atom stereocenters. The third-order valence-electron chi connectivity index (χ3n) is 3.00. The Morgan fingerprint density at radius 3 is 2.50 bits per heavy atom. The molecule has 1 N–H and O–H groups in total. The number of aromatic carboxylic acids is 1. The summed E-state index contributed by atoms with van der Waals surface area (Å²) in [5.74, 6) is -1.04. The summed E-state index contributed by atoms with van der Waals surface area (Å²) in [5, 5.41) is 13.5. The molecule has 2 rings (SSSR count). The Kier molecular flexibility index (Phi) is 3.13. The molecule has 0 aliphatic carbocycles. The summed E-state index contributed by atoms with van der Waals surface area (Å²) in [4.78, 5) is 10.9. The van der Waals surface area contributed by atoms with Crippen molar-refractivity contribution in [2.75, 3.05) is 0 Å². The number of carbonyl (C=O) groups is 1. The largest absolute Gasteiger partial charge is 0.476 e. The summed E-state index contributed by atoms with van der Waals surface area (Å²) < 4.78 is 1.55. The zero-order valence-corrected chi connectivity index (χ0v) is 11.1. The molecule has 0 saturated heterocycles. The molecule has 0 bridgehead atoms. The lowest BCUT2D eigenvalue weighted by Crippen LogP contribution is -1.99. The smallest absolute Gasteiger partial charge is 0.356 e. The van der Waals surface area contributed by atoms with Crippen LogP contribution in [0.2, 0.25) is 5.02 Å². The fourth-order valence-electron chi connectivity index (χ4n) is 1.81. The van der Waals surface area contributed by atoms with Crippen molar-refractivity contribution >= 4 is 17.6 Å². The van der Waals surface area contributed by atoms with Crippen LogP contribution in [0.5, 0.6) is 0 Å². The van der Waals surface area contributed by atoms with Crippen LogP contribution in [-0.2, 0) is 7.05 Å². The minimum atomic E-state index is -1.04. The van der Waals surface area contributed by atoms with Gasteiger partial charge in [-0.05, 0) is 43.2 Å². The first-order valence-corrected chi connectivity index (χ1v) is 5.82. The highest BCUT2D eigenvalue weighted by molar-refractivity contribution is 6.31. The third-order valence-corrected chi connectivity index (χ3v) is 3.39. The first-order valence-electron chi connectivity index (χ1n) is 5.44. The highest BCUT2D eigenvalue weighted by Crippen LogP contribution is 2.28. The Morgan fingerprint density at radius 1 is 1.33 bits per heavy atom. The molecule has 0 spiro atoms. The van der Waals surface area contributed by atoms with E-state index in [9.17, 15) is 4.79 Å². The molecule has 0 radical (unpaired) electrons. The Balaban J connectivity index is 2.58. The second-order valence-electron chi connectivity index (χ2n) is 4.24. The van der Waals surface area contributed by atoms with Gasteiger partial charge < -0.3 is 5.11 Å². The highest BCUT2D eigenvalue weighted by atomic mass is 35.5. The van der Waals surface area contributed by atoms with Gasteiger partial charge in [-0.25, -0.2) is 4.79 Å². The van der Waals surface area contributed by atoms with E-state index >= 15 is 0 Å². The van der Waals surface area contributed by atoms with Gasteiger partial charge in [-0.3, -0.25) is 4.68 Å². The zero-order valence-electron chi connectivity index (χ0n) is 10.4. The molecule has 2 aromatic rings. The molecule has 4 nitrogen and oxygen atoms in total. The number of nitrogens with zero attached hydrogens (tertiary/aromatic N) is 2. The van der Waals surface area contributed by atoms with Crippen LogP contribution < -0.4 is 0 Å². The van der Waals surface area contributed by atoms with Crippen LogP contribution in [0.25, 0.3) is 11.3 Å². The van der Waals surface area contributed by atoms with Gasteiger partial charge in [0.1, 0.15) is 0 Å². The van der Waals surface area contributed by atoms with Crippen LogP contribution in [0.4, 0.5) is 0 Å². The highest BCUT2D eigenvalue weighted by Gasteiger charge is 2.14. The summed E-state index contributed by atoms with van der Waals surface area (Å²) in [5.41, 5.74) is 3.72. The molecule has 0 aliphatic rings. The molecule has 0 amide bonds. The van der Waals surface area contributed by atoms with Crippen LogP contribution >= 0.6 is 11.6 Å². The monoisotopic (exact) mass is 264 g/mol. The van der Waals surface area contributed by atoms with Crippen LogP contribution in [0, 0.1) is 13.8 Å². The van der Waals surface area contributed by atoms with E-state index in [0.29, 0.717) is 5.02 Å². The molecule has 1 aromatic carbocycles. The molecule has 0 unspecified atom stereocenters. The van der Waals surface area contributed by atoms with E-state index in [1.54, 1.807) is 17.8 Å². The molecule has 0 aliphatic heterocycles. The van der Waals surface area contributed by atoms with Gasteiger partial charge in [-0.1, -0.05) is 11.6 Å². The van der Waals surface area contributed by atoms with Crippen molar-refractivity contribution < 1.29 is 9.90 Å². The average Bonchev–Trinajstić information content (AvgIpc) is 2.68. The number of aryl methyl sites for hydroxylation is 2. The standard InChI is InChI=1S/C13H13ClN2O2/c1-7-4-9(5-10(14)8(7)2)12-6-11(13(17)18)15-16(12)3/h4-6H,1-3H3,(H,17,18). The lowest BCUT2D eigenvalue weighted by atomic mass is 10.0. The van der Waals surface area contributed by atoms with Gasteiger partial charge in [-0.2, -0.15) is 5.10 Å². The van der Waals surface area contributed by atoms with E-state index in [1.807, 2.05) is 26.0 Å². The second-order valence-corrected chi connectivity index (χ2v) is 4.65. The number of halogens is 1. The molecule has 94 valence electrons. The maximum Gasteiger partial charge on any atom is 0.356 e. The van der Waals surface area contributed by atoms with E-state index in [4.69, 9.17) is 16.7 Å². The number of hydrogen-bond acceptors (Lipinski definition) is 2. The van der Waals surface area contributed by atoms with E-state index < -0.39 is 5.97 Å². The normalized spacial score (nSPS) is 10.7. The molecule has 0 saturated carbocycles. The number of carboxylic acid groups (broad SMARTS) is 1. The summed E-state index contributed by atoms with van der Waals surface area (Å²) >= 11 is 6.14. The lowest BCUT2D eigenvalue weighted by Gasteiger charge is -2.07. The Morgan fingerprint density at radius 2 is 2.00 bits per heavy atom. The molecular formula is C13H13ClN2O2. The number of benzene rings is 1. The predicted octanol–water partition coefficient (Wildman–Crippen LogP) is 3.06. The number of rotatable bonds is 2. The molecular weight excluding hydrogens is 252 g/mol. The summed E-state index contributed by atoms with van der Waals surface area (Å²) in [7, 11) is 1.71. The van der Waals surface area contributed by atoms with Crippen LogP contribution in [-0.4, -0.2) is 20.9 Å². The first kappa shape index (κ1) is 12.6. The van der Waals surface area contributed by atoms with Gasteiger partial charge >= 0.3 is 5.97 Å². The van der Waals surface area contributed by atoms with Gasteiger partial charge in [0.2, 0.25) is 0 Å². The SMILES string of the molecule is Cc1cc(-c2cc(C(=O)O)nn2C)cc(Cl)c1C. The number of aromatic nitrogens is 2. The maximum absolute atomic E-state index is 10.9. The Hall–Kier alpha value is -1.81. The van der Waals surface area contributed by atoms with Gasteiger partial charge in [0.15, 0.2) is 5.69 Å². The molecule has 1 heterocycles. The summed E-state index contributed by atoms with van der Waals surface area (Å²) in [6, 6.07) is 5.35.